The van der Waals surface area contributed by atoms with E-state index in [0.717, 1.165) is 19.5 Å². The van der Waals surface area contributed by atoms with Gasteiger partial charge in [0.2, 0.25) is 5.91 Å². The fourth-order valence-corrected chi connectivity index (χ4v) is 3.21. The van der Waals surface area contributed by atoms with Crippen LogP contribution in [0.4, 0.5) is 0 Å². The molecule has 2 rings (SSSR count). The number of rotatable bonds is 1. The summed E-state index contributed by atoms with van der Waals surface area (Å²) in [6.45, 7) is 9.76. The number of amides is 1. The molecule has 1 fully saturated rings. The highest BCUT2D eigenvalue weighted by molar-refractivity contribution is 6.42. The number of benzene rings is 1. The summed E-state index contributed by atoms with van der Waals surface area (Å²) in [5.41, 5.74) is 0.839. The highest BCUT2D eigenvalue weighted by Crippen LogP contribution is 2.36. The third kappa shape index (κ3) is 3.73. The van der Waals surface area contributed by atoms with Crippen molar-refractivity contribution in [2.24, 2.45) is 11.3 Å². The molecule has 2 nitrogen and oxygen atoms in total. The average Bonchev–Trinajstić information content (AvgIpc) is 2.41. The molecule has 0 saturated carbocycles. The van der Waals surface area contributed by atoms with Crippen LogP contribution in [-0.4, -0.2) is 23.9 Å². The van der Waals surface area contributed by atoms with Gasteiger partial charge in [-0.15, -0.1) is 0 Å². The molecule has 21 heavy (non-hydrogen) atoms. The third-order valence-electron chi connectivity index (χ3n) is 4.26. The second-order valence-electron chi connectivity index (χ2n) is 7.05. The van der Waals surface area contributed by atoms with Crippen molar-refractivity contribution >= 4 is 29.1 Å². The first-order valence-electron chi connectivity index (χ1n) is 7.44. The molecule has 1 aliphatic heterocycles. The summed E-state index contributed by atoms with van der Waals surface area (Å²) in [6.07, 6.45) is 1.02. The van der Waals surface area contributed by atoms with Crippen molar-refractivity contribution < 1.29 is 4.79 Å². The van der Waals surface area contributed by atoms with Gasteiger partial charge in [0.1, 0.15) is 0 Å². The van der Waals surface area contributed by atoms with E-state index in [1.165, 1.54) is 5.56 Å². The fraction of sp³-hybridized carbons (Fsp3) is 0.588. The van der Waals surface area contributed by atoms with Crippen molar-refractivity contribution in [3.63, 3.8) is 0 Å². The van der Waals surface area contributed by atoms with Crippen molar-refractivity contribution in [1.82, 2.24) is 4.90 Å². The van der Waals surface area contributed by atoms with Gasteiger partial charge in [0.05, 0.1) is 10.0 Å². The number of likely N-dealkylation sites (tertiary alicyclic amines) is 1. The number of carbonyl (C=O) groups is 1. The highest BCUT2D eigenvalue weighted by Gasteiger charge is 2.34. The lowest BCUT2D eigenvalue weighted by atomic mass is 9.81. The van der Waals surface area contributed by atoms with Gasteiger partial charge >= 0.3 is 0 Å². The van der Waals surface area contributed by atoms with Crippen LogP contribution in [-0.2, 0) is 4.79 Å². The van der Waals surface area contributed by atoms with Crippen LogP contribution in [0.5, 0.6) is 0 Å². The van der Waals surface area contributed by atoms with Crippen LogP contribution >= 0.6 is 23.2 Å². The molecule has 1 amide bonds. The van der Waals surface area contributed by atoms with E-state index in [2.05, 4.69) is 6.92 Å². The summed E-state index contributed by atoms with van der Waals surface area (Å²) in [4.78, 5) is 14.5. The molecular weight excluding hydrogens is 305 g/mol. The van der Waals surface area contributed by atoms with Gasteiger partial charge in [0.25, 0.3) is 0 Å². The zero-order valence-corrected chi connectivity index (χ0v) is 14.6. The van der Waals surface area contributed by atoms with E-state index in [1.54, 1.807) is 0 Å². The molecule has 1 heterocycles. The van der Waals surface area contributed by atoms with Crippen molar-refractivity contribution in [3.8, 4) is 0 Å². The zero-order chi connectivity index (χ0) is 15.8. The molecule has 0 aliphatic carbocycles. The quantitative estimate of drug-likeness (QED) is 0.711. The molecule has 1 aliphatic rings. The standard InChI is InChI=1S/C17H23Cl2NO/c1-11-7-8-20(16(21)17(2,3)4)10-13(11)12-5-6-14(18)15(19)9-12/h5-6,9,11,13H,7-8,10H2,1-4H3/t11-,13-/m0/s1. The first kappa shape index (κ1) is 16.6. The molecule has 0 N–H and O–H groups in total. The Bertz CT molecular complexity index is 536. The molecule has 1 aromatic carbocycles. The Morgan fingerprint density at radius 2 is 1.90 bits per heavy atom. The first-order chi connectivity index (χ1) is 9.70. The van der Waals surface area contributed by atoms with E-state index in [9.17, 15) is 4.79 Å². The van der Waals surface area contributed by atoms with Gasteiger partial charge in [0.15, 0.2) is 0 Å². The van der Waals surface area contributed by atoms with E-state index < -0.39 is 0 Å². The van der Waals surface area contributed by atoms with Crippen LogP contribution in [0.1, 0.15) is 45.6 Å². The van der Waals surface area contributed by atoms with Crippen LogP contribution in [0.3, 0.4) is 0 Å². The SMILES string of the molecule is C[C@H]1CCN(C(=O)C(C)(C)C)C[C@@H]1c1ccc(Cl)c(Cl)c1. The van der Waals surface area contributed by atoms with E-state index in [-0.39, 0.29) is 11.3 Å². The Morgan fingerprint density at radius 1 is 1.24 bits per heavy atom. The van der Waals surface area contributed by atoms with Crippen LogP contribution in [0.25, 0.3) is 0 Å². The summed E-state index contributed by atoms with van der Waals surface area (Å²) >= 11 is 12.1. The number of hydrogen-bond acceptors (Lipinski definition) is 1. The smallest absolute Gasteiger partial charge is 0.227 e. The zero-order valence-electron chi connectivity index (χ0n) is 13.1. The van der Waals surface area contributed by atoms with Gasteiger partial charge < -0.3 is 4.90 Å². The summed E-state index contributed by atoms with van der Waals surface area (Å²) in [5.74, 6) is 1.07. The largest absolute Gasteiger partial charge is 0.342 e. The molecule has 116 valence electrons. The van der Waals surface area contributed by atoms with Crippen molar-refractivity contribution in [2.75, 3.05) is 13.1 Å². The monoisotopic (exact) mass is 327 g/mol. The Kier molecular flexibility index (Phi) is 4.89. The second-order valence-corrected chi connectivity index (χ2v) is 7.86. The molecular formula is C17H23Cl2NO. The van der Waals surface area contributed by atoms with Crippen molar-refractivity contribution in [2.45, 2.75) is 40.0 Å². The minimum atomic E-state index is -0.331. The molecule has 0 spiro atoms. The number of piperidine rings is 1. The van der Waals surface area contributed by atoms with Gasteiger partial charge in [-0.05, 0) is 30.0 Å². The Morgan fingerprint density at radius 3 is 2.48 bits per heavy atom. The molecule has 2 atom stereocenters. The van der Waals surface area contributed by atoms with Crippen LogP contribution in [0.2, 0.25) is 10.0 Å². The van der Waals surface area contributed by atoms with E-state index in [0.29, 0.717) is 21.9 Å². The second kappa shape index (κ2) is 6.18. The minimum Gasteiger partial charge on any atom is -0.342 e. The predicted molar refractivity (Wildman–Crippen MR) is 89.0 cm³/mol. The Labute approximate surface area is 137 Å². The van der Waals surface area contributed by atoms with Gasteiger partial charge in [0, 0.05) is 24.4 Å². The topological polar surface area (TPSA) is 20.3 Å². The lowest BCUT2D eigenvalue weighted by Gasteiger charge is -2.40. The van der Waals surface area contributed by atoms with Gasteiger partial charge in [-0.1, -0.05) is 57.0 Å². The number of hydrogen-bond donors (Lipinski definition) is 0. The summed E-state index contributed by atoms with van der Waals surface area (Å²) in [5, 5.41) is 1.16. The van der Waals surface area contributed by atoms with E-state index in [1.807, 2.05) is 43.9 Å². The number of nitrogens with zero attached hydrogens (tertiary/aromatic N) is 1. The number of carbonyl (C=O) groups excluding carboxylic acids is 1. The molecule has 0 bridgehead atoms. The molecule has 1 aromatic rings. The van der Waals surface area contributed by atoms with Crippen LogP contribution < -0.4 is 0 Å². The highest BCUT2D eigenvalue weighted by atomic mass is 35.5. The normalized spacial score (nSPS) is 23.2. The average molecular weight is 328 g/mol. The molecule has 0 aromatic heterocycles. The molecule has 0 radical (unpaired) electrons. The first-order valence-corrected chi connectivity index (χ1v) is 8.20. The lowest BCUT2D eigenvalue weighted by molar-refractivity contribution is -0.141. The molecule has 1 saturated heterocycles. The Balaban J connectivity index is 2.22. The molecule has 4 heteroatoms. The summed E-state index contributed by atoms with van der Waals surface area (Å²) in [6, 6.07) is 5.81. The summed E-state index contributed by atoms with van der Waals surface area (Å²) in [7, 11) is 0. The van der Waals surface area contributed by atoms with E-state index in [4.69, 9.17) is 23.2 Å². The van der Waals surface area contributed by atoms with Gasteiger partial charge in [-0.3, -0.25) is 4.79 Å². The Hall–Kier alpha value is -0.730. The van der Waals surface area contributed by atoms with Gasteiger partial charge in [-0.25, -0.2) is 0 Å². The van der Waals surface area contributed by atoms with Crippen LogP contribution in [0.15, 0.2) is 18.2 Å². The maximum atomic E-state index is 12.5. The minimum absolute atomic E-state index is 0.222. The van der Waals surface area contributed by atoms with Crippen molar-refractivity contribution in [1.29, 1.82) is 0 Å². The fourth-order valence-electron chi connectivity index (χ4n) is 2.91. The third-order valence-corrected chi connectivity index (χ3v) is 5.00. The van der Waals surface area contributed by atoms with Crippen LogP contribution in [0, 0.1) is 11.3 Å². The maximum Gasteiger partial charge on any atom is 0.227 e. The van der Waals surface area contributed by atoms with Crippen molar-refractivity contribution in [3.05, 3.63) is 33.8 Å². The van der Waals surface area contributed by atoms with Gasteiger partial charge in [-0.2, -0.15) is 0 Å². The van der Waals surface area contributed by atoms with E-state index >= 15 is 0 Å². The lowest BCUT2D eigenvalue weighted by Crippen LogP contribution is -2.46. The number of halogens is 2. The summed E-state index contributed by atoms with van der Waals surface area (Å²) < 4.78 is 0. The molecule has 0 unspecified atom stereocenters. The maximum absolute atomic E-state index is 12.5. The predicted octanol–water partition coefficient (Wildman–Crippen LogP) is 4.99.